The first-order chi connectivity index (χ1) is 18.3. The molecule has 0 aromatic carbocycles. The lowest BCUT2D eigenvalue weighted by Crippen LogP contribution is -2.24. The zero-order valence-corrected chi connectivity index (χ0v) is 23.2. The van der Waals surface area contributed by atoms with E-state index in [1.54, 1.807) is 0 Å². The molecular formula is C28H45O9P. The molecule has 0 fully saturated rings. The fourth-order valence-electron chi connectivity index (χ4n) is 2.60. The molecule has 0 rings (SSSR count). The third-order valence-corrected chi connectivity index (χ3v) is 5.57. The van der Waals surface area contributed by atoms with Crippen molar-refractivity contribution in [2.45, 2.75) is 70.5 Å². The van der Waals surface area contributed by atoms with Crippen molar-refractivity contribution >= 4 is 13.8 Å². The number of aliphatic hydroxyl groups excluding tert-OH is 3. The molecule has 4 N–H and O–H groups in total. The highest BCUT2D eigenvalue weighted by Crippen LogP contribution is 2.43. The second-order valence-electron chi connectivity index (χ2n) is 8.19. The molecule has 0 aliphatic heterocycles. The standard InChI is InChI=1S/C28H45O9P/c1-2-3-4-5-6-7-8-9-10-11-12-13-14-15-16-17-18-19-20-21-28(32)35-23-27(31)25-37-38(33,34)36-24-26(30)22-29/h3-4,6-7,9-10,12-13,15-16,18-19,26-27,29-31H,2,5,8,11,14,17,20-25H2,1H3,(H,33,34)/b4-3-,7-6-,10-9-,13-12-,16-15-,19-18-. The number of phosphoric ester groups is 1. The van der Waals surface area contributed by atoms with E-state index in [0.29, 0.717) is 6.42 Å². The van der Waals surface area contributed by atoms with Gasteiger partial charge in [0.05, 0.1) is 19.8 Å². The maximum absolute atomic E-state index is 11.7. The first kappa shape index (κ1) is 35.9. The highest BCUT2D eigenvalue weighted by atomic mass is 31.2. The Morgan fingerprint density at radius 3 is 1.58 bits per heavy atom. The van der Waals surface area contributed by atoms with E-state index in [1.807, 2.05) is 12.2 Å². The van der Waals surface area contributed by atoms with Gasteiger partial charge in [-0.25, -0.2) is 4.57 Å². The van der Waals surface area contributed by atoms with Crippen LogP contribution in [0.15, 0.2) is 72.9 Å². The van der Waals surface area contributed by atoms with Crippen molar-refractivity contribution in [3.05, 3.63) is 72.9 Å². The van der Waals surface area contributed by atoms with Gasteiger partial charge in [-0.1, -0.05) is 79.8 Å². The van der Waals surface area contributed by atoms with Crippen LogP contribution in [0.4, 0.5) is 0 Å². The molecule has 0 aliphatic carbocycles. The van der Waals surface area contributed by atoms with E-state index in [2.05, 4.69) is 76.7 Å². The van der Waals surface area contributed by atoms with Crippen molar-refractivity contribution < 1.29 is 43.4 Å². The molecule has 10 heteroatoms. The van der Waals surface area contributed by atoms with Crippen molar-refractivity contribution in [1.82, 2.24) is 0 Å². The maximum atomic E-state index is 11.7. The van der Waals surface area contributed by atoms with Gasteiger partial charge in [0.25, 0.3) is 0 Å². The average Bonchev–Trinajstić information content (AvgIpc) is 2.90. The van der Waals surface area contributed by atoms with E-state index in [0.717, 1.165) is 38.5 Å². The maximum Gasteiger partial charge on any atom is 0.472 e. The molecule has 0 aromatic rings. The Morgan fingerprint density at radius 2 is 1.13 bits per heavy atom. The fraction of sp³-hybridized carbons (Fsp3) is 0.536. The molecule has 3 atom stereocenters. The van der Waals surface area contributed by atoms with Gasteiger partial charge in [-0.2, -0.15) is 0 Å². The molecule has 0 bridgehead atoms. The minimum Gasteiger partial charge on any atom is -0.463 e. The Balaban J connectivity index is 3.79. The number of ether oxygens (including phenoxy) is 1. The van der Waals surface area contributed by atoms with Crippen LogP contribution in [0.3, 0.4) is 0 Å². The first-order valence-corrected chi connectivity index (χ1v) is 14.4. The lowest BCUT2D eigenvalue weighted by atomic mass is 10.2. The van der Waals surface area contributed by atoms with Crippen molar-refractivity contribution in [3.63, 3.8) is 0 Å². The molecule has 0 aromatic heterocycles. The molecule has 0 amide bonds. The first-order valence-electron chi connectivity index (χ1n) is 12.9. The number of carbonyl (C=O) groups is 1. The number of hydrogen-bond acceptors (Lipinski definition) is 8. The predicted molar refractivity (Wildman–Crippen MR) is 149 cm³/mol. The van der Waals surface area contributed by atoms with Crippen molar-refractivity contribution in [2.75, 3.05) is 26.4 Å². The van der Waals surface area contributed by atoms with Crippen LogP contribution < -0.4 is 0 Å². The van der Waals surface area contributed by atoms with E-state index in [-0.39, 0.29) is 6.42 Å². The molecule has 38 heavy (non-hydrogen) atoms. The molecule has 0 saturated heterocycles. The van der Waals surface area contributed by atoms with E-state index in [9.17, 15) is 19.4 Å². The van der Waals surface area contributed by atoms with Gasteiger partial charge in [-0.15, -0.1) is 0 Å². The largest absolute Gasteiger partial charge is 0.472 e. The number of carbonyl (C=O) groups excluding carboxylic acids is 1. The van der Waals surface area contributed by atoms with Gasteiger partial charge >= 0.3 is 13.8 Å². The molecule has 3 unspecified atom stereocenters. The molecule has 0 aliphatic rings. The van der Waals surface area contributed by atoms with Crippen LogP contribution in [-0.2, 0) is 23.1 Å². The van der Waals surface area contributed by atoms with Crippen LogP contribution in [0.5, 0.6) is 0 Å². The Kier molecular flexibility index (Phi) is 23.8. The monoisotopic (exact) mass is 556 g/mol. The van der Waals surface area contributed by atoms with Gasteiger partial charge in [-0.3, -0.25) is 13.8 Å². The summed E-state index contributed by atoms with van der Waals surface area (Å²) in [5.41, 5.74) is 0. The molecule has 0 heterocycles. The Labute approximate surface area is 227 Å². The molecule has 9 nitrogen and oxygen atoms in total. The number of phosphoric acid groups is 1. The van der Waals surface area contributed by atoms with Gasteiger partial charge in [0.1, 0.15) is 18.8 Å². The Morgan fingerprint density at radius 1 is 0.711 bits per heavy atom. The summed E-state index contributed by atoms with van der Waals surface area (Å²) in [5, 5.41) is 27.4. The van der Waals surface area contributed by atoms with Crippen LogP contribution in [0.2, 0.25) is 0 Å². The molecule has 0 spiro atoms. The van der Waals surface area contributed by atoms with Crippen LogP contribution in [0.25, 0.3) is 0 Å². The summed E-state index contributed by atoms with van der Waals surface area (Å²) in [6.45, 7) is -0.128. The second kappa shape index (κ2) is 25.2. The summed E-state index contributed by atoms with van der Waals surface area (Å²) in [6.07, 6.45) is 28.8. The highest BCUT2D eigenvalue weighted by Gasteiger charge is 2.24. The van der Waals surface area contributed by atoms with E-state index < -0.39 is 52.4 Å². The summed E-state index contributed by atoms with van der Waals surface area (Å²) >= 11 is 0. The zero-order valence-electron chi connectivity index (χ0n) is 22.3. The van der Waals surface area contributed by atoms with Gasteiger partial charge < -0.3 is 24.9 Å². The van der Waals surface area contributed by atoms with Gasteiger partial charge in [0.15, 0.2) is 0 Å². The number of aliphatic hydroxyl groups is 3. The minimum absolute atomic E-state index is 0.135. The number of allylic oxidation sites excluding steroid dienone is 12. The van der Waals surface area contributed by atoms with Gasteiger partial charge in [0, 0.05) is 6.42 Å². The Bertz CT molecular complexity index is 815. The molecular weight excluding hydrogens is 511 g/mol. The van der Waals surface area contributed by atoms with Crippen LogP contribution >= 0.6 is 7.82 Å². The van der Waals surface area contributed by atoms with Gasteiger partial charge in [-0.05, 0) is 44.9 Å². The second-order valence-corrected chi connectivity index (χ2v) is 9.64. The minimum atomic E-state index is -4.51. The summed E-state index contributed by atoms with van der Waals surface area (Å²) in [4.78, 5) is 21.1. The summed E-state index contributed by atoms with van der Waals surface area (Å²) < 4.78 is 25.4. The fourth-order valence-corrected chi connectivity index (χ4v) is 3.40. The predicted octanol–water partition coefficient (Wildman–Crippen LogP) is 4.86. The Hall–Kier alpha value is -2.10. The van der Waals surface area contributed by atoms with Gasteiger partial charge in [0.2, 0.25) is 0 Å². The van der Waals surface area contributed by atoms with Crippen LogP contribution in [0, 0.1) is 0 Å². The lowest BCUT2D eigenvalue weighted by Gasteiger charge is -2.16. The summed E-state index contributed by atoms with van der Waals surface area (Å²) in [5.74, 6) is -0.516. The molecule has 0 radical (unpaired) electrons. The van der Waals surface area contributed by atoms with E-state index in [1.165, 1.54) is 0 Å². The van der Waals surface area contributed by atoms with Crippen LogP contribution in [0.1, 0.15) is 58.3 Å². The quantitative estimate of drug-likeness (QED) is 0.0788. The van der Waals surface area contributed by atoms with Crippen molar-refractivity contribution in [2.24, 2.45) is 0 Å². The van der Waals surface area contributed by atoms with Crippen LogP contribution in [-0.4, -0.2) is 64.8 Å². The number of hydrogen-bond donors (Lipinski definition) is 4. The smallest absolute Gasteiger partial charge is 0.463 e. The van der Waals surface area contributed by atoms with E-state index in [4.69, 9.17) is 14.9 Å². The topological polar surface area (TPSA) is 143 Å². The normalized spacial score (nSPS) is 16.0. The summed E-state index contributed by atoms with van der Waals surface area (Å²) in [7, 11) is -4.51. The number of esters is 1. The van der Waals surface area contributed by atoms with E-state index >= 15 is 0 Å². The third-order valence-electron chi connectivity index (χ3n) is 4.62. The molecule has 216 valence electrons. The lowest BCUT2D eigenvalue weighted by molar-refractivity contribution is -0.147. The average molecular weight is 557 g/mol. The van der Waals surface area contributed by atoms with Crippen molar-refractivity contribution in [1.29, 1.82) is 0 Å². The SMILES string of the molecule is CC/C=C\C/C=C\C/C=C\C/C=C\C/C=C\C/C=C\CCC(=O)OCC(O)COP(=O)(O)OCC(O)CO. The summed E-state index contributed by atoms with van der Waals surface area (Å²) in [6, 6.07) is 0. The third kappa shape index (κ3) is 25.5. The zero-order chi connectivity index (χ0) is 28.3. The number of rotatable bonds is 23. The van der Waals surface area contributed by atoms with Crippen molar-refractivity contribution in [3.8, 4) is 0 Å². The molecule has 0 saturated carbocycles. The highest BCUT2D eigenvalue weighted by molar-refractivity contribution is 7.47.